The largest absolute Gasteiger partial charge is 0.323 e. The fourth-order valence-corrected chi connectivity index (χ4v) is 3.72. The number of amides is 1. The van der Waals surface area contributed by atoms with Gasteiger partial charge in [-0.2, -0.15) is 4.31 Å². The SMILES string of the molecule is C=CCN(CC=C)S(=O)(=O)c1ccc(NC(=O)/C=C\c2ccccc2)cc1. The number of nitrogens with one attached hydrogen (secondary N) is 1. The Balaban J connectivity index is 2.08. The van der Waals surface area contributed by atoms with Gasteiger partial charge in [0.1, 0.15) is 0 Å². The smallest absolute Gasteiger partial charge is 0.248 e. The fraction of sp³-hybridized carbons (Fsp3) is 0.0952. The van der Waals surface area contributed by atoms with Crippen LogP contribution < -0.4 is 5.32 Å². The topological polar surface area (TPSA) is 66.5 Å². The van der Waals surface area contributed by atoms with Gasteiger partial charge in [-0.1, -0.05) is 42.5 Å². The van der Waals surface area contributed by atoms with Gasteiger partial charge in [-0.15, -0.1) is 13.2 Å². The first-order valence-corrected chi connectivity index (χ1v) is 9.77. The van der Waals surface area contributed by atoms with Crippen LogP contribution in [0.1, 0.15) is 5.56 Å². The Kier molecular flexibility index (Phi) is 7.28. The lowest BCUT2D eigenvalue weighted by atomic mass is 10.2. The second kappa shape index (κ2) is 9.66. The Morgan fingerprint density at radius 3 is 2.11 bits per heavy atom. The number of nitrogens with zero attached hydrogens (tertiary/aromatic N) is 1. The van der Waals surface area contributed by atoms with E-state index in [2.05, 4.69) is 18.5 Å². The van der Waals surface area contributed by atoms with Gasteiger partial charge in [-0.25, -0.2) is 8.42 Å². The molecule has 0 radical (unpaired) electrons. The molecule has 1 N–H and O–H groups in total. The van der Waals surface area contributed by atoms with Crippen LogP contribution in [0, 0.1) is 0 Å². The van der Waals surface area contributed by atoms with Crippen LogP contribution in [0.2, 0.25) is 0 Å². The normalized spacial score (nSPS) is 11.4. The number of carbonyl (C=O) groups excluding carboxylic acids is 1. The van der Waals surface area contributed by atoms with E-state index in [1.54, 1.807) is 18.2 Å². The minimum absolute atomic E-state index is 0.143. The monoisotopic (exact) mass is 382 g/mol. The second-order valence-corrected chi connectivity index (χ2v) is 7.59. The standard InChI is InChI=1S/C21H22N2O3S/c1-3-16-23(17-4-2)27(25,26)20-13-11-19(12-14-20)22-21(24)15-10-18-8-6-5-7-9-18/h3-15H,1-2,16-17H2,(H,22,24)/b15-10-. The summed E-state index contributed by atoms with van der Waals surface area (Å²) < 4.78 is 26.5. The Morgan fingerprint density at radius 1 is 0.963 bits per heavy atom. The molecule has 0 saturated carbocycles. The summed E-state index contributed by atoms with van der Waals surface area (Å²) in [7, 11) is -3.65. The Morgan fingerprint density at radius 2 is 1.56 bits per heavy atom. The third-order valence-electron chi connectivity index (χ3n) is 3.65. The molecule has 0 aliphatic rings. The molecule has 1 amide bonds. The van der Waals surface area contributed by atoms with E-state index in [9.17, 15) is 13.2 Å². The molecule has 0 spiro atoms. The van der Waals surface area contributed by atoms with E-state index in [1.807, 2.05) is 30.3 Å². The number of sulfonamides is 1. The minimum Gasteiger partial charge on any atom is -0.323 e. The molecule has 5 nitrogen and oxygen atoms in total. The van der Waals surface area contributed by atoms with Crippen molar-refractivity contribution in [3.63, 3.8) is 0 Å². The molecule has 2 rings (SSSR count). The maximum Gasteiger partial charge on any atom is 0.248 e. The molecule has 0 aromatic heterocycles. The van der Waals surface area contributed by atoms with Crippen LogP contribution in [-0.2, 0) is 14.8 Å². The molecule has 2 aromatic rings. The van der Waals surface area contributed by atoms with Crippen LogP contribution in [-0.4, -0.2) is 31.7 Å². The average Bonchev–Trinajstić information content (AvgIpc) is 2.67. The van der Waals surface area contributed by atoms with Crippen LogP contribution in [0.4, 0.5) is 5.69 Å². The zero-order chi connectivity index (χ0) is 19.7. The maximum atomic E-state index is 12.6. The van der Waals surface area contributed by atoms with Crippen molar-refractivity contribution in [3.8, 4) is 0 Å². The third-order valence-corrected chi connectivity index (χ3v) is 5.50. The average molecular weight is 382 g/mol. The first-order chi connectivity index (χ1) is 13.0. The first-order valence-electron chi connectivity index (χ1n) is 8.33. The van der Waals surface area contributed by atoms with E-state index >= 15 is 0 Å². The molecule has 0 bridgehead atoms. The highest BCUT2D eigenvalue weighted by atomic mass is 32.2. The van der Waals surface area contributed by atoms with Crippen LogP contribution in [0.3, 0.4) is 0 Å². The lowest BCUT2D eigenvalue weighted by Gasteiger charge is -2.19. The fourth-order valence-electron chi connectivity index (χ4n) is 2.34. The van der Waals surface area contributed by atoms with Crippen molar-refractivity contribution in [2.24, 2.45) is 0 Å². The van der Waals surface area contributed by atoms with E-state index in [1.165, 1.54) is 34.7 Å². The van der Waals surface area contributed by atoms with Crippen molar-refractivity contribution in [2.75, 3.05) is 18.4 Å². The molecular weight excluding hydrogens is 360 g/mol. The van der Waals surface area contributed by atoms with Gasteiger partial charge in [-0.3, -0.25) is 4.79 Å². The van der Waals surface area contributed by atoms with Crippen LogP contribution >= 0.6 is 0 Å². The molecular formula is C21H22N2O3S. The number of anilines is 1. The van der Waals surface area contributed by atoms with E-state index in [4.69, 9.17) is 0 Å². The van der Waals surface area contributed by atoms with E-state index in [0.29, 0.717) is 5.69 Å². The molecule has 0 aliphatic heterocycles. The highest BCUT2D eigenvalue weighted by molar-refractivity contribution is 7.89. The number of hydrogen-bond acceptors (Lipinski definition) is 3. The minimum atomic E-state index is -3.65. The summed E-state index contributed by atoms with van der Waals surface area (Å²) in [4.78, 5) is 12.1. The zero-order valence-electron chi connectivity index (χ0n) is 14.9. The quantitative estimate of drug-likeness (QED) is 0.531. The summed E-state index contributed by atoms with van der Waals surface area (Å²) in [6, 6.07) is 15.5. The number of hydrogen-bond donors (Lipinski definition) is 1. The molecule has 0 fully saturated rings. The summed E-state index contributed by atoms with van der Waals surface area (Å²) in [6.07, 6.45) is 6.18. The van der Waals surface area contributed by atoms with Crippen molar-refractivity contribution in [3.05, 3.63) is 91.5 Å². The molecule has 0 unspecified atom stereocenters. The van der Waals surface area contributed by atoms with Gasteiger partial charge in [-0.05, 0) is 35.9 Å². The van der Waals surface area contributed by atoms with Gasteiger partial charge in [0.2, 0.25) is 15.9 Å². The van der Waals surface area contributed by atoms with Crippen molar-refractivity contribution in [2.45, 2.75) is 4.90 Å². The predicted octanol–water partition coefficient (Wildman–Crippen LogP) is 3.70. The third kappa shape index (κ3) is 5.77. The van der Waals surface area contributed by atoms with Gasteiger partial charge >= 0.3 is 0 Å². The summed E-state index contributed by atoms with van der Waals surface area (Å²) in [5.74, 6) is -0.297. The maximum absolute atomic E-state index is 12.6. The molecule has 0 heterocycles. The molecule has 2 aromatic carbocycles. The van der Waals surface area contributed by atoms with E-state index in [-0.39, 0.29) is 23.9 Å². The van der Waals surface area contributed by atoms with Gasteiger partial charge in [0.15, 0.2) is 0 Å². The molecule has 0 atom stereocenters. The molecule has 0 aliphatic carbocycles. The summed E-state index contributed by atoms with van der Waals surface area (Å²) >= 11 is 0. The highest BCUT2D eigenvalue weighted by Crippen LogP contribution is 2.18. The predicted molar refractivity (Wildman–Crippen MR) is 110 cm³/mol. The van der Waals surface area contributed by atoms with Crippen molar-refractivity contribution >= 4 is 27.7 Å². The molecule has 27 heavy (non-hydrogen) atoms. The molecule has 6 heteroatoms. The van der Waals surface area contributed by atoms with Crippen molar-refractivity contribution in [1.29, 1.82) is 0 Å². The Bertz CT molecular complexity index is 908. The molecule has 0 saturated heterocycles. The van der Waals surface area contributed by atoms with Crippen molar-refractivity contribution in [1.82, 2.24) is 4.31 Å². The Hall–Kier alpha value is -2.96. The van der Waals surface area contributed by atoms with E-state index < -0.39 is 10.0 Å². The number of rotatable bonds is 9. The number of benzene rings is 2. The van der Waals surface area contributed by atoms with Gasteiger partial charge in [0.25, 0.3) is 0 Å². The van der Waals surface area contributed by atoms with Crippen LogP contribution in [0.15, 0.2) is 90.9 Å². The second-order valence-electron chi connectivity index (χ2n) is 5.66. The van der Waals surface area contributed by atoms with Crippen LogP contribution in [0.25, 0.3) is 6.08 Å². The lowest BCUT2D eigenvalue weighted by Crippen LogP contribution is -2.31. The zero-order valence-corrected chi connectivity index (χ0v) is 15.7. The van der Waals surface area contributed by atoms with Crippen molar-refractivity contribution < 1.29 is 13.2 Å². The number of carbonyl (C=O) groups is 1. The van der Waals surface area contributed by atoms with Gasteiger partial charge < -0.3 is 5.32 Å². The lowest BCUT2D eigenvalue weighted by molar-refractivity contribution is -0.111. The van der Waals surface area contributed by atoms with E-state index in [0.717, 1.165) is 5.56 Å². The molecule has 140 valence electrons. The van der Waals surface area contributed by atoms with Gasteiger partial charge in [0.05, 0.1) is 4.90 Å². The summed E-state index contributed by atoms with van der Waals surface area (Å²) in [5.41, 5.74) is 1.43. The summed E-state index contributed by atoms with van der Waals surface area (Å²) in [6.45, 7) is 7.55. The van der Waals surface area contributed by atoms with Gasteiger partial charge in [0, 0.05) is 24.9 Å². The highest BCUT2D eigenvalue weighted by Gasteiger charge is 2.22. The Labute approximate surface area is 160 Å². The first kappa shape index (κ1) is 20.4. The summed E-state index contributed by atoms with van der Waals surface area (Å²) in [5, 5.41) is 2.70. The van der Waals surface area contributed by atoms with Crippen LogP contribution in [0.5, 0.6) is 0 Å².